The van der Waals surface area contributed by atoms with Crippen molar-refractivity contribution in [1.29, 1.82) is 0 Å². The topological polar surface area (TPSA) is 41.6 Å². The van der Waals surface area contributed by atoms with Crippen LogP contribution in [-0.2, 0) is 5.75 Å². The van der Waals surface area contributed by atoms with Gasteiger partial charge in [-0.15, -0.1) is 0 Å². The maximum atomic E-state index is 13.7. The molecule has 3 aromatic rings. The quantitative estimate of drug-likeness (QED) is 0.709. The van der Waals surface area contributed by atoms with E-state index in [9.17, 15) is 4.39 Å². The predicted molar refractivity (Wildman–Crippen MR) is 79.9 cm³/mol. The van der Waals surface area contributed by atoms with Gasteiger partial charge in [0.05, 0.1) is 10.5 Å². The lowest BCUT2D eigenvalue weighted by Crippen LogP contribution is -1.89. The van der Waals surface area contributed by atoms with Crippen LogP contribution in [0.15, 0.2) is 35.6 Å². The largest absolute Gasteiger partial charge is 0.331 e. The third-order valence-corrected chi connectivity index (χ3v) is 4.16. The summed E-state index contributed by atoms with van der Waals surface area (Å²) in [4.78, 5) is 11.5. The van der Waals surface area contributed by atoms with E-state index in [1.807, 2.05) is 0 Å². The summed E-state index contributed by atoms with van der Waals surface area (Å²) in [5, 5.41) is 1.60. The van der Waals surface area contributed by atoms with Gasteiger partial charge in [-0.25, -0.2) is 14.4 Å². The van der Waals surface area contributed by atoms with Crippen molar-refractivity contribution in [3.63, 3.8) is 0 Å². The zero-order chi connectivity index (χ0) is 14.1. The van der Waals surface area contributed by atoms with E-state index in [1.54, 1.807) is 18.2 Å². The van der Waals surface area contributed by atoms with Gasteiger partial charge in [0.15, 0.2) is 10.8 Å². The second-order valence-corrected chi connectivity index (χ2v) is 5.86. The SMILES string of the molecule is Fc1cccc(Cl)c1CSc1nc2ncc(Cl)cc2[nH]1. The molecule has 0 aliphatic carbocycles. The number of pyridine rings is 1. The number of halogens is 3. The minimum atomic E-state index is -0.317. The first kappa shape index (κ1) is 13.7. The van der Waals surface area contributed by atoms with Crippen LogP contribution in [0.3, 0.4) is 0 Å². The van der Waals surface area contributed by atoms with Crippen LogP contribution >= 0.6 is 35.0 Å². The Hall–Kier alpha value is -1.30. The Balaban J connectivity index is 1.83. The number of aromatic amines is 1. The van der Waals surface area contributed by atoms with Crippen LogP contribution in [0.5, 0.6) is 0 Å². The van der Waals surface area contributed by atoms with E-state index in [2.05, 4.69) is 15.0 Å². The maximum absolute atomic E-state index is 13.7. The van der Waals surface area contributed by atoms with E-state index in [1.165, 1.54) is 24.0 Å². The molecule has 3 rings (SSSR count). The maximum Gasteiger partial charge on any atom is 0.178 e. The number of rotatable bonds is 3. The van der Waals surface area contributed by atoms with Crippen molar-refractivity contribution in [1.82, 2.24) is 15.0 Å². The average molecular weight is 328 g/mol. The molecule has 0 bridgehead atoms. The standard InChI is InChI=1S/C13H8Cl2FN3S/c14-7-4-11-12(17-5-7)19-13(18-11)20-6-8-9(15)2-1-3-10(8)16/h1-5H,6H2,(H,17,18,19). The molecule has 0 fully saturated rings. The number of thioether (sulfide) groups is 1. The molecule has 0 atom stereocenters. The molecular weight excluding hydrogens is 320 g/mol. The molecule has 0 aliphatic heterocycles. The molecule has 1 aromatic carbocycles. The van der Waals surface area contributed by atoms with Crippen LogP contribution in [0.2, 0.25) is 10.0 Å². The highest BCUT2D eigenvalue weighted by molar-refractivity contribution is 7.98. The van der Waals surface area contributed by atoms with Crippen LogP contribution < -0.4 is 0 Å². The van der Waals surface area contributed by atoms with Gasteiger partial charge in [0, 0.05) is 22.5 Å². The van der Waals surface area contributed by atoms with Crippen molar-refractivity contribution in [2.24, 2.45) is 0 Å². The zero-order valence-electron chi connectivity index (χ0n) is 10.0. The van der Waals surface area contributed by atoms with Crippen LogP contribution in [0.1, 0.15) is 5.56 Å². The third-order valence-electron chi connectivity index (χ3n) is 2.70. The molecule has 7 heteroatoms. The Bertz CT molecular complexity index is 755. The van der Waals surface area contributed by atoms with Crippen molar-refractivity contribution in [3.8, 4) is 0 Å². The lowest BCUT2D eigenvalue weighted by Gasteiger charge is -2.03. The van der Waals surface area contributed by atoms with Crippen molar-refractivity contribution < 1.29 is 4.39 Å². The Kier molecular flexibility index (Phi) is 3.83. The molecule has 0 unspecified atom stereocenters. The first-order valence-electron chi connectivity index (χ1n) is 5.70. The van der Waals surface area contributed by atoms with Crippen molar-refractivity contribution in [3.05, 3.63) is 51.9 Å². The van der Waals surface area contributed by atoms with Crippen molar-refractivity contribution in [2.75, 3.05) is 0 Å². The highest BCUT2D eigenvalue weighted by Gasteiger charge is 2.10. The molecule has 20 heavy (non-hydrogen) atoms. The van der Waals surface area contributed by atoms with E-state index in [4.69, 9.17) is 23.2 Å². The molecule has 0 amide bonds. The number of hydrogen-bond acceptors (Lipinski definition) is 3. The predicted octanol–water partition coefficient (Wildman–Crippen LogP) is 4.70. The lowest BCUT2D eigenvalue weighted by molar-refractivity contribution is 0.617. The summed E-state index contributed by atoms with van der Waals surface area (Å²) in [7, 11) is 0. The molecule has 1 N–H and O–H groups in total. The summed E-state index contributed by atoms with van der Waals surface area (Å²) in [6, 6.07) is 6.39. The van der Waals surface area contributed by atoms with E-state index in [-0.39, 0.29) is 5.82 Å². The number of imidazole rings is 1. The van der Waals surface area contributed by atoms with Crippen LogP contribution in [0.25, 0.3) is 11.2 Å². The Labute approximate surface area is 128 Å². The van der Waals surface area contributed by atoms with Gasteiger partial charge in [-0.05, 0) is 18.2 Å². The van der Waals surface area contributed by atoms with Gasteiger partial charge in [0.2, 0.25) is 0 Å². The van der Waals surface area contributed by atoms with Gasteiger partial charge in [-0.1, -0.05) is 41.0 Å². The van der Waals surface area contributed by atoms with Crippen molar-refractivity contribution in [2.45, 2.75) is 10.9 Å². The Morgan fingerprint density at radius 2 is 2.15 bits per heavy atom. The molecule has 0 aliphatic rings. The average Bonchev–Trinajstić information content (AvgIpc) is 2.80. The molecule has 2 aromatic heterocycles. The minimum absolute atomic E-state index is 0.317. The highest BCUT2D eigenvalue weighted by atomic mass is 35.5. The number of H-pyrrole nitrogens is 1. The monoisotopic (exact) mass is 327 g/mol. The summed E-state index contributed by atoms with van der Waals surface area (Å²) in [6.45, 7) is 0. The fourth-order valence-corrected chi connectivity index (χ4v) is 3.11. The molecular formula is C13H8Cl2FN3S. The van der Waals surface area contributed by atoms with Gasteiger partial charge in [0.1, 0.15) is 5.82 Å². The third kappa shape index (κ3) is 2.75. The molecule has 0 saturated carbocycles. The summed E-state index contributed by atoms with van der Waals surface area (Å²) < 4.78 is 13.7. The number of nitrogens with zero attached hydrogens (tertiary/aromatic N) is 2. The lowest BCUT2D eigenvalue weighted by atomic mass is 10.2. The van der Waals surface area contributed by atoms with Gasteiger partial charge in [-0.2, -0.15) is 0 Å². The molecule has 0 saturated heterocycles. The van der Waals surface area contributed by atoms with E-state index in [0.717, 1.165) is 5.52 Å². The molecule has 102 valence electrons. The summed E-state index contributed by atoms with van der Waals surface area (Å²) in [5.41, 5.74) is 1.79. The van der Waals surface area contributed by atoms with E-state index in [0.29, 0.717) is 32.2 Å². The van der Waals surface area contributed by atoms with Gasteiger partial charge in [-0.3, -0.25) is 0 Å². The van der Waals surface area contributed by atoms with E-state index >= 15 is 0 Å². The van der Waals surface area contributed by atoms with Crippen LogP contribution in [0, 0.1) is 5.82 Å². The first-order chi connectivity index (χ1) is 9.63. The van der Waals surface area contributed by atoms with E-state index < -0.39 is 0 Å². The molecule has 3 nitrogen and oxygen atoms in total. The normalized spacial score (nSPS) is 11.2. The highest BCUT2D eigenvalue weighted by Crippen LogP contribution is 2.28. The molecule has 2 heterocycles. The summed E-state index contributed by atoms with van der Waals surface area (Å²) in [5.74, 6) is 0.0706. The number of benzene rings is 1. The number of hydrogen-bond donors (Lipinski definition) is 1. The molecule has 0 radical (unpaired) electrons. The van der Waals surface area contributed by atoms with Crippen LogP contribution in [0.4, 0.5) is 4.39 Å². The number of aromatic nitrogens is 3. The summed E-state index contributed by atoms with van der Waals surface area (Å²) >= 11 is 13.2. The van der Waals surface area contributed by atoms with Gasteiger partial charge in [0.25, 0.3) is 0 Å². The first-order valence-corrected chi connectivity index (χ1v) is 7.44. The second-order valence-electron chi connectivity index (χ2n) is 4.06. The fourth-order valence-electron chi connectivity index (χ4n) is 1.73. The second kappa shape index (κ2) is 5.60. The van der Waals surface area contributed by atoms with Crippen LogP contribution in [-0.4, -0.2) is 15.0 Å². The van der Waals surface area contributed by atoms with Crippen molar-refractivity contribution >= 4 is 46.1 Å². The summed E-state index contributed by atoms with van der Waals surface area (Å²) in [6.07, 6.45) is 1.53. The zero-order valence-corrected chi connectivity index (χ0v) is 12.4. The minimum Gasteiger partial charge on any atom is -0.331 e. The van der Waals surface area contributed by atoms with Gasteiger partial charge >= 0.3 is 0 Å². The smallest absolute Gasteiger partial charge is 0.178 e. The fraction of sp³-hybridized carbons (Fsp3) is 0.0769. The Morgan fingerprint density at radius 1 is 1.30 bits per heavy atom. The van der Waals surface area contributed by atoms with Gasteiger partial charge < -0.3 is 4.98 Å². The molecule has 0 spiro atoms. The Morgan fingerprint density at radius 3 is 2.95 bits per heavy atom. The number of nitrogens with one attached hydrogen (secondary N) is 1. The number of fused-ring (bicyclic) bond motifs is 1.